The number of hydrogen-bond donors (Lipinski definition) is 0. The molecule has 2 saturated carbocycles. The first-order valence-corrected chi connectivity index (χ1v) is 13.2. The van der Waals surface area contributed by atoms with Crippen LogP contribution in [0.4, 0.5) is 0 Å². The van der Waals surface area contributed by atoms with Gasteiger partial charge in [0.2, 0.25) is 0 Å². The zero-order chi connectivity index (χ0) is 22.7. The first-order chi connectivity index (χ1) is 16.0. The smallest absolute Gasteiger partial charge is 0.185 e. The van der Waals surface area contributed by atoms with Gasteiger partial charge in [-0.3, -0.25) is 4.79 Å². The molecule has 6 rings (SSSR count). The third kappa shape index (κ3) is 3.11. The highest BCUT2D eigenvalue weighted by atomic mass is 32.2. The molecule has 0 unspecified atom stereocenters. The maximum absolute atomic E-state index is 13.0. The Morgan fingerprint density at radius 3 is 2.73 bits per heavy atom. The van der Waals surface area contributed by atoms with E-state index in [2.05, 4.69) is 28.8 Å². The SMILES string of the molecule is CSc1nc(-c2noc3c2CCC[C@@]32CCCCC2=O)nc2c1cnn2[C@H]1CC[C@@H]1N(C)C. The predicted molar refractivity (Wildman–Crippen MR) is 126 cm³/mol. The van der Waals surface area contributed by atoms with E-state index < -0.39 is 5.41 Å². The van der Waals surface area contributed by atoms with Crippen LogP contribution in [0.1, 0.15) is 68.7 Å². The van der Waals surface area contributed by atoms with Gasteiger partial charge in [-0.15, -0.1) is 11.8 Å². The molecule has 174 valence electrons. The van der Waals surface area contributed by atoms with Crippen LogP contribution in [0, 0.1) is 0 Å². The van der Waals surface area contributed by atoms with Crippen LogP contribution in [0.25, 0.3) is 22.6 Å². The second kappa shape index (κ2) is 7.91. The largest absolute Gasteiger partial charge is 0.359 e. The highest BCUT2D eigenvalue weighted by molar-refractivity contribution is 7.98. The fraction of sp³-hybridized carbons (Fsp3) is 0.625. The third-order valence-corrected chi connectivity index (χ3v) is 8.75. The molecule has 3 aromatic rings. The lowest BCUT2D eigenvalue weighted by Gasteiger charge is -2.41. The molecule has 3 aliphatic rings. The van der Waals surface area contributed by atoms with Gasteiger partial charge in [-0.25, -0.2) is 14.6 Å². The summed E-state index contributed by atoms with van der Waals surface area (Å²) < 4.78 is 8.02. The summed E-state index contributed by atoms with van der Waals surface area (Å²) in [5.41, 5.74) is 2.10. The number of Topliss-reactive ketones (excluding diaryl/α,β-unsaturated/α-hetero) is 1. The molecule has 3 aromatic heterocycles. The van der Waals surface area contributed by atoms with Crippen LogP contribution in [0.3, 0.4) is 0 Å². The Morgan fingerprint density at radius 2 is 2.00 bits per heavy atom. The molecule has 8 nitrogen and oxygen atoms in total. The zero-order valence-electron chi connectivity index (χ0n) is 19.5. The topological polar surface area (TPSA) is 89.9 Å². The van der Waals surface area contributed by atoms with Crippen LogP contribution < -0.4 is 0 Å². The quantitative estimate of drug-likeness (QED) is 0.418. The second-order valence-corrected chi connectivity index (χ2v) is 10.8. The summed E-state index contributed by atoms with van der Waals surface area (Å²) in [7, 11) is 4.25. The van der Waals surface area contributed by atoms with E-state index in [0.717, 1.165) is 72.3 Å². The third-order valence-electron chi connectivity index (χ3n) is 8.05. The first-order valence-electron chi connectivity index (χ1n) is 12.0. The van der Waals surface area contributed by atoms with Gasteiger partial charge in [0.25, 0.3) is 0 Å². The monoisotopic (exact) mass is 466 g/mol. The zero-order valence-corrected chi connectivity index (χ0v) is 20.3. The molecule has 0 radical (unpaired) electrons. The van der Waals surface area contributed by atoms with E-state index in [-0.39, 0.29) is 0 Å². The van der Waals surface area contributed by atoms with Gasteiger partial charge in [-0.05, 0) is 65.3 Å². The average molecular weight is 467 g/mol. The van der Waals surface area contributed by atoms with E-state index in [1.165, 1.54) is 6.42 Å². The van der Waals surface area contributed by atoms with Crippen molar-refractivity contribution in [3.63, 3.8) is 0 Å². The number of carbonyl (C=O) groups excluding carboxylic acids is 1. The van der Waals surface area contributed by atoms with Crippen molar-refractivity contribution in [3.05, 3.63) is 17.5 Å². The Morgan fingerprint density at radius 1 is 1.15 bits per heavy atom. The van der Waals surface area contributed by atoms with Gasteiger partial charge in [0, 0.05) is 18.0 Å². The van der Waals surface area contributed by atoms with Crippen molar-refractivity contribution in [3.8, 4) is 11.5 Å². The molecule has 3 aliphatic carbocycles. The Hall–Kier alpha value is -2.26. The lowest BCUT2D eigenvalue weighted by molar-refractivity contribution is -0.128. The Bertz CT molecular complexity index is 1230. The number of carbonyl (C=O) groups is 1. The normalized spacial score (nSPS) is 27.3. The number of thioether (sulfide) groups is 1. The molecule has 9 heteroatoms. The Balaban J connectivity index is 1.47. The summed E-state index contributed by atoms with van der Waals surface area (Å²) in [6.45, 7) is 0. The lowest BCUT2D eigenvalue weighted by Crippen LogP contribution is -2.44. The van der Waals surface area contributed by atoms with E-state index >= 15 is 0 Å². The Kier molecular flexibility index (Phi) is 5.10. The Labute approximate surface area is 197 Å². The summed E-state index contributed by atoms with van der Waals surface area (Å²) in [5.74, 6) is 1.68. The molecule has 3 atom stereocenters. The molecular formula is C24H30N6O2S. The minimum absolute atomic E-state index is 0.310. The molecular weight excluding hydrogens is 436 g/mol. The van der Waals surface area contributed by atoms with Crippen LogP contribution >= 0.6 is 11.8 Å². The molecule has 33 heavy (non-hydrogen) atoms. The predicted octanol–water partition coefficient (Wildman–Crippen LogP) is 4.19. The molecule has 0 saturated heterocycles. The number of ketones is 1. The standard InChI is InChI=1S/C24H30N6O2S/c1-29(2)16-9-10-17(16)30-22-15(13-25-30)23(33-3)27-21(26-22)19-14-7-6-12-24(20(14)32-28-19)11-5-4-8-18(24)31/h13,16-17H,4-12H2,1-3H3/t16-,17-,24+/m0/s1. The molecule has 3 heterocycles. The number of rotatable bonds is 4. The van der Waals surface area contributed by atoms with Gasteiger partial charge in [0.15, 0.2) is 22.9 Å². The molecule has 0 bridgehead atoms. The van der Waals surface area contributed by atoms with E-state index in [0.29, 0.717) is 35.8 Å². The summed E-state index contributed by atoms with van der Waals surface area (Å²) in [4.78, 5) is 25.2. The van der Waals surface area contributed by atoms with Crippen LogP contribution in [-0.2, 0) is 16.6 Å². The summed E-state index contributed by atoms with van der Waals surface area (Å²) >= 11 is 1.60. The van der Waals surface area contributed by atoms with Crippen LogP contribution in [0.2, 0.25) is 0 Å². The van der Waals surface area contributed by atoms with Gasteiger partial charge in [-0.1, -0.05) is 11.6 Å². The van der Waals surface area contributed by atoms with Crippen molar-refractivity contribution in [2.45, 2.75) is 80.3 Å². The highest BCUT2D eigenvalue weighted by Gasteiger charge is 2.48. The van der Waals surface area contributed by atoms with Crippen molar-refractivity contribution < 1.29 is 9.32 Å². The van der Waals surface area contributed by atoms with Gasteiger partial charge < -0.3 is 9.42 Å². The van der Waals surface area contributed by atoms with Gasteiger partial charge in [-0.2, -0.15) is 5.10 Å². The number of hydrogen-bond acceptors (Lipinski definition) is 8. The number of nitrogens with zero attached hydrogens (tertiary/aromatic N) is 6. The first kappa shape index (κ1) is 21.3. The fourth-order valence-corrected chi connectivity index (χ4v) is 6.67. The maximum atomic E-state index is 13.0. The van der Waals surface area contributed by atoms with Crippen molar-refractivity contribution in [1.82, 2.24) is 29.8 Å². The van der Waals surface area contributed by atoms with Crippen LogP contribution in [0.5, 0.6) is 0 Å². The number of fused-ring (bicyclic) bond motifs is 3. The molecule has 2 fully saturated rings. The molecule has 0 aromatic carbocycles. The fourth-order valence-electron chi connectivity index (χ4n) is 6.13. The average Bonchev–Trinajstić information content (AvgIpc) is 3.40. The minimum atomic E-state index is -0.490. The van der Waals surface area contributed by atoms with Crippen molar-refractivity contribution in [1.29, 1.82) is 0 Å². The van der Waals surface area contributed by atoms with E-state index in [9.17, 15) is 4.79 Å². The summed E-state index contributed by atoms with van der Waals surface area (Å²) in [6.07, 6.45) is 12.4. The molecule has 0 N–H and O–H groups in total. The van der Waals surface area contributed by atoms with Crippen molar-refractivity contribution in [2.24, 2.45) is 0 Å². The second-order valence-electron chi connectivity index (χ2n) is 9.96. The summed E-state index contributed by atoms with van der Waals surface area (Å²) in [6, 6.07) is 0.769. The van der Waals surface area contributed by atoms with Gasteiger partial charge in [0.05, 0.1) is 23.0 Å². The molecule has 0 aliphatic heterocycles. The lowest BCUT2D eigenvalue weighted by atomic mass is 9.64. The van der Waals surface area contributed by atoms with E-state index in [4.69, 9.17) is 19.6 Å². The van der Waals surface area contributed by atoms with E-state index in [1.807, 2.05) is 12.5 Å². The van der Waals surface area contributed by atoms with Crippen molar-refractivity contribution in [2.75, 3.05) is 20.4 Å². The van der Waals surface area contributed by atoms with Crippen LogP contribution in [0.15, 0.2) is 15.7 Å². The maximum Gasteiger partial charge on any atom is 0.185 e. The number of likely N-dealkylation sites (N-methyl/N-ethyl adjacent to an activating group) is 1. The minimum Gasteiger partial charge on any atom is -0.359 e. The molecule has 1 spiro atoms. The molecule has 0 amide bonds. The van der Waals surface area contributed by atoms with Crippen molar-refractivity contribution >= 4 is 28.6 Å². The van der Waals surface area contributed by atoms with Gasteiger partial charge >= 0.3 is 0 Å². The van der Waals surface area contributed by atoms with E-state index in [1.54, 1.807) is 11.8 Å². The van der Waals surface area contributed by atoms with Crippen LogP contribution in [-0.4, -0.2) is 62.0 Å². The highest BCUT2D eigenvalue weighted by Crippen LogP contribution is 2.47. The van der Waals surface area contributed by atoms with Gasteiger partial charge in [0.1, 0.15) is 10.8 Å². The summed E-state index contributed by atoms with van der Waals surface area (Å²) in [5, 5.41) is 11.1. The number of aromatic nitrogens is 5.